The van der Waals surface area contributed by atoms with Gasteiger partial charge in [-0.15, -0.1) is 0 Å². The van der Waals surface area contributed by atoms with E-state index in [1.807, 2.05) is 103 Å². The number of phosphoric acid groups is 1. The zero-order valence-corrected chi connectivity index (χ0v) is 34.3. The summed E-state index contributed by atoms with van der Waals surface area (Å²) in [6.07, 6.45) is -3.20. The van der Waals surface area contributed by atoms with Crippen molar-refractivity contribution >= 4 is 16.1 Å². The Morgan fingerprint density at radius 2 is 0.891 bits per heavy atom. The second-order valence-corrected chi connectivity index (χ2v) is 21.6. The van der Waals surface area contributed by atoms with Gasteiger partial charge in [-0.1, -0.05) is 148 Å². The normalized spacial score (nSPS) is 20.5. The summed E-state index contributed by atoms with van der Waals surface area (Å²) in [7, 11) is -6.92. The van der Waals surface area contributed by atoms with Crippen LogP contribution in [0.5, 0.6) is 11.5 Å². The van der Waals surface area contributed by atoms with E-state index in [0.717, 1.165) is 16.7 Å². The number of ether oxygens (including phenoxy) is 3. The van der Waals surface area contributed by atoms with Crippen LogP contribution in [0.4, 0.5) is 0 Å². The Balaban J connectivity index is 1.44. The summed E-state index contributed by atoms with van der Waals surface area (Å²) >= 11 is 0. The van der Waals surface area contributed by atoms with Crippen molar-refractivity contribution in [1.29, 1.82) is 0 Å². The molecule has 0 heterocycles. The lowest BCUT2D eigenvalue weighted by Crippen LogP contribution is -2.62. The maximum absolute atomic E-state index is 15.2. The fourth-order valence-electron chi connectivity index (χ4n) is 6.16. The van der Waals surface area contributed by atoms with Crippen LogP contribution < -0.4 is 9.05 Å². The van der Waals surface area contributed by atoms with Gasteiger partial charge in [0.1, 0.15) is 29.8 Å². The highest BCUT2D eigenvalue weighted by Gasteiger charge is 2.54. The topological polar surface area (TPSA) is 81.7 Å². The first kappa shape index (κ1) is 40.6. The highest BCUT2D eigenvalue weighted by Crippen LogP contribution is 2.53. The van der Waals surface area contributed by atoms with E-state index in [1.54, 1.807) is 48.5 Å². The summed E-state index contributed by atoms with van der Waals surface area (Å²) < 4.78 is 62.2. The maximum Gasteiger partial charge on any atom is 0.588 e. The van der Waals surface area contributed by atoms with Crippen molar-refractivity contribution in [1.82, 2.24) is 0 Å². The first-order valence-electron chi connectivity index (χ1n) is 18.9. The molecule has 1 saturated carbocycles. The minimum Gasteiger partial charge on any atom is -0.409 e. The van der Waals surface area contributed by atoms with E-state index in [9.17, 15) is 0 Å². The van der Waals surface area contributed by atoms with Crippen LogP contribution in [0.1, 0.15) is 43.9 Å². The molecule has 0 bridgehead atoms. The molecule has 5 atom stereocenters. The van der Waals surface area contributed by atoms with Gasteiger partial charge in [0.05, 0.1) is 32.0 Å². The standard InChI is InChI=1S/C45H53O8PSi/c1-45(2,3)55(4,5)53-43-41(48-33-36-23-13-7-14-24-36)31-40(47-32-35-21-11-6-12-22-35)42(44(43)49-34-37-25-15-8-16-26-37)52-54(46,50-38-27-17-9-18-28-38)51-39-29-19-10-20-30-39/h6-30,40-44H,31-34H2,1-5H3/t40-,41-,42-,43+,44+/m1/s1. The van der Waals surface area contributed by atoms with Gasteiger partial charge in [0.2, 0.25) is 0 Å². The van der Waals surface area contributed by atoms with Crippen molar-refractivity contribution < 1.29 is 36.8 Å². The third kappa shape index (κ3) is 11.5. The van der Waals surface area contributed by atoms with E-state index in [0.29, 0.717) is 24.5 Å². The zero-order valence-electron chi connectivity index (χ0n) is 32.4. The van der Waals surface area contributed by atoms with Crippen molar-refractivity contribution in [2.75, 3.05) is 0 Å². The smallest absolute Gasteiger partial charge is 0.409 e. The molecule has 5 aromatic rings. The molecule has 0 spiro atoms. The van der Waals surface area contributed by atoms with Crippen LogP contribution in [-0.2, 0) is 47.5 Å². The molecule has 0 saturated heterocycles. The molecule has 0 unspecified atom stereocenters. The second-order valence-electron chi connectivity index (χ2n) is 15.3. The lowest BCUT2D eigenvalue weighted by molar-refractivity contribution is -0.214. The molecule has 5 aromatic carbocycles. The van der Waals surface area contributed by atoms with Gasteiger partial charge < -0.3 is 27.7 Å². The average molecular weight is 781 g/mol. The molecule has 1 fully saturated rings. The van der Waals surface area contributed by atoms with Gasteiger partial charge in [-0.2, -0.15) is 0 Å². The summed E-state index contributed by atoms with van der Waals surface area (Å²) in [6, 6.07) is 47.8. The molecule has 290 valence electrons. The Morgan fingerprint density at radius 3 is 1.29 bits per heavy atom. The summed E-state index contributed by atoms with van der Waals surface area (Å²) in [4.78, 5) is 0. The van der Waals surface area contributed by atoms with E-state index in [-0.39, 0.29) is 18.3 Å². The molecule has 0 aliphatic heterocycles. The van der Waals surface area contributed by atoms with Crippen molar-refractivity contribution in [3.05, 3.63) is 168 Å². The Morgan fingerprint density at radius 1 is 0.527 bits per heavy atom. The Bertz CT molecular complexity index is 1860. The highest BCUT2D eigenvalue weighted by atomic mass is 31.2. The Hall–Kier alpha value is -4.05. The summed E-state index contributed by atoms with van der Waals surface area (Å²) in [5.74, 6) is 0.665. The lowest BCUT2D eigenvalue weighted by Gasteiger charge is -2.49. The molecule has 10 heteroatoms. The van der Waals surface area contributed by atoms with Gasteiger partial charge in [-0.3, -0.25) is 4.52 Å². The van der Waals surface area contributed by atoms with Gasteiger partial charge >= 0.3 is 7.82 Å². The van der Waals surface area contributed by atoms with Crippen LogP contribution in [0.25, 0.3) is 0 Å². The summed E-state index contributed by atoms with van der Waals surface area (Å²) in [5.41, 5.74) is 2.98. The SMILES string of the molecule is CC(C)(C)[Si](C)(C)O[C@@H]1[C@@H](OCc2ccccc2)[C@H](OP(=O)(Oc2ccccc2)Oc2ccccc2)[C@H](OCc2ccccc2)C[C@H]1OCc1ccccc1. The molecule has 1 aliphatic carbocycles. The first-order chi connectivity index (χ1) is 26.5. The van der Waals surface area contributed by atoms with E-state index in [1.165, 1.54) is 0 Å². The zero-order chi connectivity index (χ0) is 38.7. The van der Waals surface area contributed by atoms with Crippen molar-refractivity contribution in [2.24, 2.45) is 0 Å². The highest BCUT2D eigenvalue weighted by molar-refractivity contribution is 7.49. The fraction of sp³-hybridized carbons (Fsp3) is 0.333. The summed E-state index contributed by atoms with van der Waals surface area (Å²) in [5, 5.41) is -0.139. The lowest BCUT2D eigenvalue weighted by atomic mass is 9.86. The molecule has 1 aliphatic rings. The number of hydrogen-bond donors (Lipinski definition) is 0. The molecule has 0 amide bonds. The number of rotatable bonds is 17. The Kier molecular flexibility index (Phi) is 13.8. The second kappa shape index (κ2) is 18.7. The molecule has 0 aromatic heterocycles. The van der Waals surface area contributed by atoms with Gasteiger partial charge in [0.25, 0.3) is 0 Å². The van der Waals surface area contributed by atoms with Crippen LogP contribution in [0.15, 0.2) is 152 Å². The monoisotopic (exact) mass is 780 g/mol. The van der Waals surface area contributed by atoms with E-state index < -0.39 is 46.7 Å². The van der Waals surface area contributed by atoms with E-state index in [4.69, 9.17) is 32.2 Å². The number of phosphoric ester groups is 1. The number of hydrogen-bond acceptors (Lipinski definition) is 8. The fourth-order valence-corrected chi connectivity index (χ4v) is 8.92. The Labute approximate surface area is 327 Å². The van der Waals surface area contributed by atoms with E-state index >= 15 is 4.57 Å². The summed E-state index contributed by atoms with van der Waals surface area (Å²) in [6.45, 7) is 11.9. The van der Waals surface area contributed by atoms with Crippen molar-refractivity contribution in [3.8, 4) is 11.5 Å². The average Bonchev–Trinajstić information content (AvgIpc) is 3.18. The van der Waals surface area contributed by atoms with Gasteiger partial charge in [-0.25, -0.2) is 4.57 Å². The minimum absolute atomic E-state index is 0.139. The molecule has 0 radical (unpaired) electrons. The third-order valence-corrected chi connectivity index (χ3v) is 16.0. The van der Waals surface area contributed by atoms with Crippen LogP contribution in [0, 0.1) is 0 Å². The maximum atomic E-state index is 15.2. The molecule has 55 heavy (non-hydrogen) atoms. The van der Waals surface area contributed by atoms with Gasteiger partial charge in [-0.05, 0) is 59.1 Å². The molecule has 6 rings (SSSR count). The van der Waals surface area contributed by atoms with Gasteiger partial charge in [0.15, 0.2) is 8.32 Å². The van der Waals surface area contributed by atoms with Gasteiger partial charge in [0, 0.05) is 6.42 Å². The molecular weight excluding hydrogens is 728 g/mol. The van der Waals surface area contributed by atoms with Crippen LogP contribution in [-0.4, -0.2) is 38.8 Å². The van der Waals surface area contributed by atoms with Crippen LogP contribution in [0.2, 0.25) is 18.1 Å². The molecule has 8 nitrogen and oxygen atoms in total. The molecule has 0 N–H and O–H groups in total. The van der Waals surface area contributed by atoms with E-state index in [2.05, 4.69) is 33.9 Å². The van der Waals surface area contributed by atoms with Crippen molar-refractivity contribution in [3.63, 3.8) is 0 Å². The van der Waals surface area contributed by atoms with Crippen molar-refractivity contribution in [2.45, 2.75) is 95.7 Å². The molecular formula is C45H53O8PSi. The third-order valence-electron chi connectivity index (χ3n) is 10.2. The number of para-hydroxylation sites is 2. The largest absolute Gasteiger partial charge is 0.588 e. The van der Waals surface area contributed by atoms with Crippen LogP contribution in [0.3, 0.4) is 0 Å². The number of benzene rings is 5. The first-order valence-corrected chi connectivity index (χ1v) is 23.3. The quantitative estimate of drug-likeness (QED) is 0.0681. The predicted octanol–water partition coefficient (Wildman–Crippen LogP) is 11.2. The minimum atomic E-state index is -4.44. The predicted molar refractivity (Wildman–Crippen MR) is 218 cm³/mol. The van der Waals surface area contributed by atoms with Crippen LogP contribution >= 0.6 is 7.82 Å².